The molecule has 2 aromatic carbocycles. The van der Waals surface area contributed by atoms with Gasteiger partial charge in [0, 0.05) is 19.4 Å². The van der Waals surface area contributed by atoms with Crippen molar-refractivity contribution in [3.8, 4) is 5.75 Å². The molecule has 3 unspecified atom stereocenters. The summed E-state index contributed by atoms with van der Waals surface area (Å²) in [5.74, 6) is -0.592. The van der Waals surface area contributed by atoms with Crippen molar-refractivity contribution in [2.24, 2.45) is 0 Å². The van der Waals surface area contributed by atoms with Crippen molar-refractivity contribution < 1.29 is 37.5 Å². The number of H-pyrrole nitrogens is 1. The normalized spacial score (nSPS) is 22.5. The van der Waals surface area contributed by atoms with Gasteiger partial charge in [-0.25, -0.2) is 14.2 Å². The van der Waals surface area contributed by atoms with Gasteiger partial charge in [0.25, 0.3) is 5.56 Å². The van der Waals surface area contributed by atoms with Gasteiger partial charge in [-0.2, -0.15) is 0 Å². The molecule has 1 aliphatic rings. The maximum atomic E-state index is 13.6. The third-order valence-corrected chi connectivity index (χ3v) is 7.25. The van der Waals surface area contributed by atoms with E-state index in [1.165, 1.54) is 18.3 Å². The van der Waals surface area contributed by atoms with Gasteiger partial charge in [-0.1, -0.05) is 37.3 Å². The van der Waals surface area contributed by atoms with E-state index in [0.717, 1.165) is 17.7 Å². The van der Waals surface area contributed by atoms with Crippen LogP contribution in [0.5, 0.6) is 5.75 Å². The molecule has 0 saturated carbocycles. The maximum absolute atomic E-state index is 13.6. The number of nitrogens with zero attached hydrogens (tertiary/aromatic N) is 1. The van der Waals surface area contributed by atoms with Crippen molar-refractivity contribution >= 4 is 13.8 Å². The van der Waals surface area contributed by atoms with Crippen molar-refractivity contribution in [1.29, 1.82) is 0 Å². The molecule has 0 amide bonds. The molecule has 13 heteroatoms. The zero-order valence-corrected chi connectivity index (χ0v) is 21.5. The highest BCUT2D eigenvalue weighted by atomic mass is 31.2. The first-order valence-corrected chi connectivity index (χ1v) is 13.2. The SMILES string of the molecule is CC[C@H]1O[C@@H](n2ccc(=O)[nH]c2=O)C(OC(=O)c2ccccc2)C1OP(=O)(OC)Oc1ccc(CO)cc1. The lowest BCUT2D eigenvalue weighted by Gasteiger charge is -2.27. The Labute approximate surface area is 217 Å². The van der Waals surface area contributed by atoms with Crippen LogP contribution in [-0.4, -0.2) is 46.0 Å². The predicted molar refractivity (Wildman–Crippen MR) is 134 cm³/mol. The van der Waals surface area contributed by atoms with Crippen molar-refractivity contribution in [2.45, 2.75) is 44.5 Å². The predicted octanol–water partition coefficient (Wildman–Crippen LogP) is 2.78. The van der Waals surface area contributed by atoms with Crippen LogP contribution in [0.3, 0.4) is 0 Å². The van der Waals surface area contributed by atoms with Crippen LogP contribution in [-0.2, 0) is 29.7 Å². The number of hydrogen-bond acceptors (Lipinski definition) is 10. The van der Waals surface area contributed by atoms with Crippen LogP contribution < -0.4 is 15.8 Å². The second-order valence-corrected chi connectivity index (χ2v) is 9.97. The van der Waals surface area contributed by atoms with Crippen LogP contribution in [0.2, 0.25) is 0 Å². The lowest BCUT2D eigenvalue weighted by atomic mass is 10.1. The van der Waals surface area contributed by atoms with Crippen LogP contribution in [0.15, 0.2) is 76.4 Å². The van der Waals surface area contributed by atoms with Crippen LogP contribution in [0.25, 0.3) is 0 Å². The van der Waals surface area contributed by atoms with E-state index in [1.54, 1.807) is 49.4 Å². The third kappa shape index (κ3) is 6.12. The smallest absolute Gasteiger partial charge is 0.451 e. The molecule has 3 aromatic rings. The first-order valence-electron chi connectivity index (χ1n) is 11.7. The molecular weight excluding hydrogens is 519 g/mol. The van der Waals surface area contributed by atoms with E-state index >= 15 is 0 Å². The van der Waals surface area contributed by atoms with Crippen molar-refractivity contribution in [3.05, 3.63) is 98.8 Å². The summed E-state index contributed by atoms with van der Waals surface area (Å²) in [4.78, 5) is 39.4. The number of phosphoric acid groups is 1. The Morgan fingerprint density at radius 2 is 1.79 bits per heavy atom. The molecule has 1 aromatic heterocycles. The van der Waals surface area contributed by atoms with Gasteiger partial charge < -0.3 is 19.1 Å². The van der Waals surface area contributed by atoms with E-state index < -0.39 is 49.6 Å². The number of aliphatic hydroxyl groups is 1. The number of hydrogen-bond donors (Lipinski definition) is 2. The van der Waals surface area contributed by atoms with Gasteiger partial charge in [0.15, 0.2) is 12.3 Å². The van der Waals surface area contributed by atoms with Crippen LogP contribution >= 0.6 is 7.82 Å². The van der Waals surface area contributed by atoms with E-state index in [-0.39, 0.29) is 17.9 Å². The minimum atomic E-state index is -4.31. The quantitative estimate of drug-likeness (QED) is 0.286. The van der Waals surface area contributed by atoms with Crippen molar-refractivity contribution in [2.75, 3.05) is 7.11 Å². The number of benzene rings is 2. The van der Waals surface area contributed by atoms with Gasteiger partial charge in [0.2, 0.25) is 0 Å². The second-order valence-electron chi connectivity index (χ2n) is 8.32. The number of carbonyl (C=O) groups excluding carboxylic acids is 1. The van der Waals surface area contributed by atoms with Gasteiger partial charge >= 0.3 is 19.5 Å². The Morgan fingerprint density at radius 3 is 2.39 bits per heavy atom. The van der Waals surface area contributed by atoms with Gasteiger partial charge in [-0.05, 0) is 36.2 Å². The number of ether oxygens (including phenoxy) is 2. The first kappa shape index (κ1) is 27.5. The lowest BCUT2D eigenvalue weighted by molar-refractivity contribution is -0.0518. The molecule has 12 nitrogen and oxygen atoms in total. The van der Waals surface area contributed by atoms with E-state index in [4.69, 9.17) is 23.0 Å². The molecule has 0 aliphatic carbocycles. The van der Waals surface area contributed by atoms with Crippen LogP contribution in [0.4, 0.5) is 0 Å². The molecule has 1 aliphatic heterocycles. The number of esters is 1. The van der Waals surface area contributed by atoms with Crippen molar-refractivity contribution in [3.63, 3.8) is 0 Å². The number of carbonyl (C=O) groups is 1. The highest BCUT2D eigenvalue weighted by Crippen LogP contribution is 2.53. The zero-order chi connectivity index (χ0) is 27.3. The first-order chi connectivity index (χ1) is 18.3. The molecule has 202 valence electrons. The Morgan fingerprint density at radius 1 is 1.08 bits per heavy atom. The molecule has 38 heavy (non-hydrogen) atoms. The number of aliphatic hydroxyl groups excluding tert-OH is 1. The molecule has 1 fully saturated rings. The van der Waals surface area contributed by atoms with E-state index in [0.29, 0.717) is 12.0 Å². The molecule has 1 saturated heterocycles. The van der Waals surface area contributed by atoms with Crippen molar-refractivity contribution in [1.82, 2.24) is 9.55 Å². The second kappa shape index (κ2) is 11.9. The molecule has 2 heterocycles. The fraction of sp³-hybridized carbons (Fsp3) is 0.320. The summed E-state index contributed by atoms with van der Waals surface area (Å²) in [6, 6.07) is 15.4. The van der Waals surface area contributed by atoms with E-state index in [9.17, 15) is 24.1 Å². The number of phosphoric ester groups is 1. The Hall–Kier alpha value is -3.54. The number of aromatic nitrogens is 2. The van der Waals surface area contributed by atoms with Gasteiger partial charge in [0.1, 0.15) is 11.9 Å². The molecule has 0 bridgehead atoms. The van der Waals surface area contributed by atoms with E-state index in [1.807, 2.05) is 0 Å². The summed E-state index contributed by atoms with van der Waals surface area (Å²) >= 11 is 0. The molecule has 5 atom stereocenters. The third-order valence-electron chi connectivity index (χ3n) is 5.86. The summed E-state index contributed by atoms with van der Waals surface area (Å²) in [6.45, 7) is 1.58. The molecule has 0 spiro atoms. The monoisotopic (exact) mass is 546 g/mol. The molecular formula is C25H27N2O10P. The fourth-order valence-corrected chi connectivity index (χ4v) is 5.08. The number of nitrogens with one attached hydrogen (secondary N) is 1. The molecule has 0 radical (unpaired) electrons. The van der Waals surface area contributed by atoms with Gasteiger partial charge in [-0.3, -0.25) is 23.4 Å². The van der Waals surface area contributed by atoms with Gasteiger partial charge in [0.05, 0.1) is 18.3 Å². The Bertz CT molecular complexity index is 1410. The largest absolute Gasteiger partial charge is 0.530 e. The summed E-state index contributed by atoms with van der Waals surface area (Å²) < 4.78 is 42.9. The maximum Gasteiger partial charge on any atom is 0.530 e. The number of rotatable bonds is 10. The summed E-state index contributed by atoms with van der Waals surface area (Å²) in [7, 11) is -3.18. The van der Waals surface area contributed by atoms with Gasteiger partial charge in [-0.15, -0.1) is 0 Å². The minimum Gasteiger partial charge on any atom is -0.451 e. The van der Waals surface area contributed by atoms with E-state index in [2.05, 4.69) is 4.98 Å². The average molecular weight is 546 g/mol. The Kier molecular flexibility index (Phi) is 8.60. The summed E-state index contributed by atoms with van der Waals surface area (Å²) in [5.41, 5.74) is -0.572. The summed E-state index contributed by atoms with van der Waals surface area (Å²) in [5, 5.41) is 9.25. The lowest BCUT2D eigenvalue weighted by Crippen LogP contribution is -2.41. The highest BCUT2D eigenvalue weighted by molar-refractivity contribution is 7.48. The summed E-state index contributed by atoms with van der Waals surface area (Å²) in [6.07, 6.45) is -3.00. The number of aromatic amines is 1. The van der Waals surface area contributed by atoms with Crippen LogP contribution in [0.1, 0.15) is 35.5 Å². The Balaban J connectivity index is 1.68. The minimum absolute atomic E-state index is 0.144. The highest BCUT2D eigenvalue weighted by Gasteiger charge is 2.52. The fourth-order valence-electron chi connectivity index (χ4n) is 3.94. The van der Waals surface area contributed by atoms with Crippen LogP contribution in [0, 0.1) is 0 Å². The molecule has 4 rings (SSSR count). The average Bonchev–Trinajstić information content (AvgIpc) is 3.25. The zero-order valence-electron chi connectivity index (χ0n) is 20.6. The standard InChI is InChI=1S/C25H27N2O10P/c1-3-19-21(37-38(32,33-2)36-18-11-9-16(15-28)10-12-18)22(35-24(30)17-7-5-4-6-8-17)23(34-19)27-14-13-20(29)26-25(27)31/h4-14,19,21-23,28H,3,15H2,1-2H3,(H,26,29,31)/t19-,21?,22?,23-,38?/m1/s1. The topological polar surface area (TPSA) is 155 Å². The molecule has 2 N–H and O–H groups in total.